The number of rotatable bonds is 5. The van der Waals surface area contributed by atoms with Gasteiger partial charge >= 0.3 is 5.63 Å². The summed E-state index contributed by atoms with van der Waals surface area (Å²) in [6.07, 6.45) is 3.56. The van der Waals surface area contributed by atoms with Crippen molar-refractivity contribution < 1.29 is 13.9 Å². The Hall–Kier alpha value is -3.98. The van der Waals surface area contributed by atoms with Crippen LogP contribution < -0.4 is 15.7 Å². The molecular formula is C25H25N5O4. The van der Waals surface area contributed by atoms with Crippen molar-refractivity contribution in [2.45, 2.75) is 25.9 Å². The lowest BCUT2D eigenvalue weighted by molar-refractivity contribution is 0.102. The largest absolute Gasteiger partial charge is 0.490 e. The van der Waals surface area contributed by atoms with Crippen LogP contribution in [0.1, 0.15) is 28.9 Å². The lowest BCUT2D eigenvalue weighted by atomic mass is 10.1. The van der Waals surface area contributed by atoms with Crippen molar-refractivity contribution in [3.05, 3.63) is 76.4 Å². The number of amides is 1. The molecule has 3 heterocycles. The molecule has 1 amide bonds. The summed E-state index contributed by atoms with van der Waals surface area (Å²) >= 11 is 0. The van der Waals surface area contributed by atoms with E-state index < -0.39 is 11.5 Å². The lowest BCUT2D eigenvalue weighted by Gasteiger charge is -2.29. The molecular weight excluding hydrogens is 434 g/mol. The van der Waals surface area contributed by atoms with Gasteiger partial charge in [-0.15, -0.1) is 5.10 Å². The van der Waals surface area contributed by atoms with Crippen LogP contribution in [-0.4, -0.2) is 52.0 Å². The van der Waals surface area contributed by atoms with E-state index in [0.717, 1.165) is 37.2 Å². The minimum atomic E-state index is -0.643. The van der Waals surface area contributed by atoms with Crippen molar-refractivity contribution in [2.75, 3.05) is 25.5 Å². The molecule has 5 rings (SSSR count). The maximum atomic E-state index is 12.7. The number of hydrogen-bond donors (Lipinski definition) is 1. The summed E-state index contributed by atoms with van der Waals surface area (Å²) in [4.78, 5) is 27.6. The summed E-state index contributed by atoms with van der Waals surface area (Å²) in [7, 11) is 2.11. The van der Waals surface area contributed by atoms with Gasteiger partial charge in [0.1, 0.15) is 23.1 Å². The molecule has 9 nitrogen and oxygen atoms in total. The van der Waals surface area contributed by atoms with Crippen LogP contribution in [-0.2, 0) is 0 Å². The van der Waals surface area contributed by atoms with E-state index in [1.54, 1.807) is 6.07 Å². The first-order chi connectivity index (χ1) is 16.5. The van der Waals surface area contributed by atoms with Gasteiger partial charge in [0.15, 0.2) is 5.69 Å². The normalized spacial score (nSPS) is 14.9. The predicted octanol–water partition coefficient (Wildman–Crippen LogP) is 3.41. The number of ether oxygens (including phenoxy) is 1. The van der Waals surface area contributed by atoms with Crippen LogP contribution >= 0.6 is 0 Å². The fourth-order valence-corrected chi connectivity index (χ4v) is 4.06. The second kappa shape index (κ2) is 9.11. The van der Waals surface area contributed by atoms with Crippen molar-refractivity contribution in [1.82, 2.24) is 19.9 Å². The smallest absolute Gasteiger partial charge is 0.360 e. The topological polar surface area (TPSA) is 102 Å². The first kappa shape index (κ1) is 21.8. The van der Waals surface area contributed by atoms with Gasteiger partial charge in [-0.1, -0.05) is 23.4 Å². The van der Waals surface area contributed by atoms with Crippen molar-refractivity contribution in [3.63, 3.8) is 0 Å². The third-order valence-corrected chi connectivity index (χ3v) is 6.06. The van der Waals surface area contributed by atoms with Crippen molar-refractivity contribution in [3.8, 4) is 11.4 Å². The highest BCUT2D eigenvalue weighted by molar-refractivity contribution is 6.03. The van der Waals surface area contributed by atoms with E-state index in [4.69, 9.17) is 9.15 Å². The van der Waals surface area contributed by atoms with E-state index in [9.17, 15) is 9.59 Å². The van der Waals surface area contributed by atoms with Crippen molar-refractivity contribution in [2.24, 2.45) is 0 Å². The third-order valence-electron chi connectivity index (χ3n) is 6.06. The number of para-hydroxylation sites is 1. The number of likely N-dealkylation sites (tertiary alicyclic amines) is 1. The molecule has 34 heavy (non-hydrogen) atoms. The maximum absolute atomic E-state index is 12.7. The van der Waals surface area contributed by atoms with Crippen LogP contribution in [0.5, 0.6) is 5.75 Å². The Morgan fingerprint density at radius 2 is 1.91 bits per heavy atom. The Morgan fingerprint density at radius 3 is 2.68 bits per heavy atom. The summed E-state index contributed by atoms with van der Waals surface area (Å²) in [6, 6.07) is 14.6. The highest BCUT2D eigenvalue weighted by Crippen LogP contribution is 2.30. The zero-order valence-electron chi connectivity index (χ0n) is 19.0. The average Bonchev–Trinajstić information content (AvgIpc) is 3.35. The second-order valence-electron chi connectivity index (χ2n) is 8.51. The lowest BCUT2D eigenvalue weighted by Crippen LogP contribution is -2.35. The Bertz CT molecular complexity index is 1390. The summed E-state index contributed by atoms with van der Waals surface area (Å²) in [6.45, 7) is 3.86. The van der Waals surface area contributed by atoms with Gasteiger partial charge in [-0.05, 0) is 57.1 Å². The van der Waals surface area contributed by atoms with Crippen LogP contribution in [0.25, 0.3) is 16.7 Å². The maximum Gasteiger partial charge on any atom is 0.360 e. The van der Waals surface area contributed by atoms with E-state index in [1.165, 1.54) is 10.9 Å². The van der Waals surface area contributed by atoms with Gasteiger partial charge in [-0.2, -0.15) is 0 Å². The van der Waals surface area contributed by atoms with Crippen LogP contribution in [0.2, 0.25) is 0 Å². The SMILES string of the molecule is Cc1c(OC2CCN(C)CC2)ccc2cc(NC(=O)c3cn(-c4ccccc4)nn3)c(=O)oc12. The number of carbonyl (C=O) groups is 1. The summed E-state index contributed by atoms with van der Waals surface area (Å²) in [5.41, 5.74) is 1.46. The van der Waals surface area contributed by atoms with Gasteiger partial charge in [-0.25, -0.2) is 9.48 Å². The molecule has 1 saturated heterocycles. The van der Waals surface area contributed by atoms with E-state index in [2.05, 4.69) is 27.6 Å². The van der Waals surface area contributed by atoms with E-state index >= 15 is 0 Å². The van der Waals surface area contributed by atoms with Gasteiger partial charge in [0.25, 0.3) is 5.91 Å². The molecule has 9 heteroatoms. The molecule has 2 aromatic carbocycles. The first-order valence-corrected chi connectivity index (χ1v) is 11.2. The summed E-state index contributed by atoms with van der Waals surface area (Å²) < 4.78 is 13.3. The van der Waals surface area contributed by atoms with E-state index in [-0.39, 0.29) is 17.5 Å². The number of carbonyl (C=O) groups excluding carboxylic acids is 1. The molecule has 174 valence electrons. The van der Waals surface area contributed by atoms with Crippen LogP contribution in [0, 0.1) is 6.92 Å². The van der Waals surface area contributed by atoms with Crippen LogP contribution in [0.15, 0.2) is 63.9 Å². The molecule has 0 radical (unpaired) electrons. The fourth-order valence-electron chi connectivity index (χ4n) is 4.06. The van der Waals surface area contributed by atoms with Gasteiger partial charge in [-0.3, -0.25) is 4.79 Å². The Kier molecular flexibility index (Phi) is 5.85. The molecule has 0 unspecified atom stereocenters. The van der Waals surface area contributed by atoms with Crippen LogP contribution in [0.3, 0.4) is 0 Å². The highest BCUT2D eigenvalue weighted by atomic mass is 16.5. The molecule has 1 aliphatic rings. The molecule has 0 spiro atoms. The number of nitrogens with one attached hydrogen (secondary N) is 1. The number of nitrogens with zero attached hydrogens (tertiary/aromatic N) is 4. The van der Waals surface area contributed by atoms with E-state index in [0.29, 0.717) is 16.7 Å². The average molecular weight is 460 g/mol. The number of hydrogen-bond acceptors (Lipinski definition) is 7. The van der Waals surface area contributed by atoms with E-state index in [1.807, 2.05) is 49.4 Å². The van der Waals surface area contributed by atoms with Crippen molar-refractivity contribution in [1.29, 1.82) is 0 Å². The number of anilines is 1. The zero-order chi connectivity index (χ0) is 23.7. The van der Waals surface area contributed by atoms with Gasteiger partial charge in [0.05, 0.1) is 11.9 Å². The first-order valence-electron chi connectivity index (χ1n) is 11.2. The molecule has 0 atom stereocenters. The van der Waals surface area contributed by atoms with Crippen LogP contribution in [0.4, 0.5) is 5.69 Å². The number of fused-ring (bicyclic) bond motifs is 1. The Balaban J connectivity index is 1.35. The minimum absolute atomic E-state index is 0.0372. The molecule has 0 bridgehead atoms. The molecule has 1 aliphatic heterocycles. The van der Waals surface area contributed by atoms with Gasteiger partial charge < -0.3 is 19.4 Å². The minimum Gasteiger partial charge on any atom is -0.490 e. The quantitative estimate of drug-likeness (QED) is 0.456. The monoisotopic (exact) mass is 459 g/mol. The third kappa shape index (κ3) is 4.42. The molecule has 4 aromatic rings. The molecule has 0 saturated carbocycles. The molecule has 0 aliphatic carbocycles. The second-order valence-corrected chi connectivity index (χ2v) is 8.51. The highest BCUT2D eigenvalue weighted by Gasteiger charge is 2.20. The standard InChI is InChI=1S/C25H25N5O4/c1-16-22(33-19-10-12-29(2)13-11-19)9-8-17-14-20(25(32)34-23(16)17)26-24(31)21-15-30(28-27-21)18-6-4-3-5-7-18/h3-9,14-15,19H,10-13H2,1-2H3,(H,26,31). The van der Waals surface area contributed by atoms with Gasteiger partial charge in [0, 0.05) is 24.0 Å². The summed E-state index contributed by atoms with van der Waals surface area (Å²) in [5, 5.41) is 11.2. The Labute approximate surface area is 195 Å². The zero-order valence-corrected chi connectivity index (χ0v) is 19.0. The predicted molar refractivity (Wildman–Crippen MR) is 128 cm³/mol. The Morgan fingerprint density at radius 1 is 1.15 bits per heavy atom. The number of aromatic nitrogens is 3. The number of aryl methyl sites for hydroxylation is 1. The van der Waals surface area contributed by atoms with Crippen molar-refractivity contribution >= 4 is 22.6 Å². The molecule has 1 N–H and O–H groups in total. The molecule has 2 aromatic heterocycles. The fraction of sp³-hybridized carbons (Fsp3) is 0.280. The van der Waals surface area contributed by atoms with Gasteiger partial charge in [0.2, 0.25) is 0 Å². The summed E-state index contributed by atoms with van der Waals surface area (Å²) in [5.74, 6) is 0.160. The molecule has 1 fully saturated rings. The number of piperidine rings is 1. The number of benzene rings is 2.